The van der Waals surface area contributed by atoms with Gasteiger partial charge >= 0.3 is 5.00 Å². The Morgan fingerprint density at radius 2 is 2.53 bits per heavy atom. The number of aromatic nitrogens is 1. The third kappa shape index (κ3) is 4.05. The molecule has 0 saturated heterocycles. The predicted molar refractivity (Wildman–Crippen MR) is 64.9 cm³/mol. The lowest BCUT2D eigenvalue weighted by Crippen LogP contribution is -2.15. The first-order chi connectivity index (χ1) is 7.13. The summed E-state index contributed by atoms with van der Waals surface area (Å²) < 4.78 is 0. The molecule has 0 amide bonds. The highest BCUT2D eigenvalue weighted by Crippen LogP contribution is 2.25. The monoisotopic (exact) mass is 247 g/mol. The highest BCUT2D eigenvalue weighted by atomic mass is 32.2. The Balaban J connectivity index is 2.46. The highest BCUT2D eigenvalue weighted by Gasteiger charge is 2.12. The SMILES string of the molecule is CSCCC(C)Nc1ncc([N+](=O)[O-])s1. The molecule has 1 heterocycles. The molecule has 5 nitrogen and oxygen atoms in total. The van der Waals surface area contributed by atoms with Crippen LogP contribution in [0.15, 0.2) is 6.20 Å². The zero-order chi connectivity index (χ0) is 11.3. The third-order valence-electron chi connectivity index (χ3n) is 1.80. The molecule has 0 saturated carbocycles. The van der Waals surface area contributed by atoms with Gasteiger partial charge in [-0.2, -0.15) is 11.8 Å². The van der Waals surface area contributed by atoms with Gasteiger partial charge in [-0.05, 0) is 36.7 Å². The molecule has 15 heavy (non-hydrogen) atoms. The van der Waals surface area contributed by atoms with Crippen LogP contribution in [0.2, 0.25) is 0 Å². The topological polar surface area (TPSA) is 68.1 Å². The smallest absolute Gasteiger partial charge is 0.345 e. The van der Waals surface area contributed by atoms with Crippen LogP contribution in [0.25, 0.3) is 0 Å². The molecule has 7 heteroatoms. The van der Waals surface area contributed by atoms with Crippen molar-refractivity contribution < 1.29 is 4.92 Å². The van der Waals surface area contributed by atoms with E-state index in [9.17, 15) is 10.1 Å². The maximum Gasteiger partial charge on any atom is 0.345 e. The van der Waals surface area contributed by atoms with Gasteiger partial charge in [0.2, 0.25) is 0 Å². The summed E-state index contributed by atoms with van der Waals surface area (Å²) in [6.07, 6.45) is 4.36. The molecule has 0 radical (unpaired) electrons. The predicted octanol–water partition coefficient (Wildman–Crippen LogP) is 2.60. The van der Waals surface area contributed by atoms with Gasteiger partial charge in [-0.15, -0.1) is 0 Å². The van der Waals surface area contributed by atoms with Crippen LogP contribution in [0.3, 0.4) is 0 Å². The Kier molecular flexibility index (Phi) is 4.83. The van der Waals surface area contributed by atoms with Crippen LogP contribution >= 0.6 is 23.1 Å². The summed E-state index contributed by atoms with van der Waals surface area (Å²) in [5.74, 6) is 1.07. The second-order valence-corrected chi connectivity index (χ2v) is 5.08. The van der Waals surface area contributed by atoms with Crippen LogP contribution in [0.4, 0.5) is 10.1 Å². The Hall–Kier alpha value is -0.820. The van der Waals surface area contributed by atoms with E-state index in [2.05, 4.69) is 16.6 Å². The number of thiazole rings is 1. The normalized spacial score (nSPS) is 12.4. The summed E-state index contributed by atoms with van der Waals surface area (Å²) in [4.78, 5) is 13.9. The second kappa shape index (κ2) is 5.92. The van der Waals surface area contributed by atoms with Crippen LogP contribution in [0.5, 0.6) is 0 Å². The average Bonchev–Trinajstić information content (AvgIpc) is 2.63. The number of nitro groups is 1. The van der Waals surface area contributed by atoms with Crippen molar-refractivity contribution in [1.29, 1.82) is 0 Å². The molecule has 0 fully saturated rings. The Bertz CT molecular complexity index is 329. The Morgan fingerprint density at radius 1 is 1.80 bits per heavy atom. The summed E-state index contributed by atoms with van der Waals surface area (Å²) in [6, 6.07) is 0.295. The van der Waals surface area contributed by atoms with E-state index in [4.69, 9.17) is 0 Å². The minimum absolute atomic E-state index is 0.0783. The number of anilines is 1. The van der Waals surface area contributed by atoms with Crippen molar-refractivity contribution in [2.24, 2.45) is 0 Å². The molecule has 0 spiro atoms. The van der Waals surface area contributed by atoms with E-state index < -0.39 is 4.92 Å². The van der Waals surface area contributed by atoms with Crippen molar-refractivity contribution in [3.05, 3.63) is 16.3 Å². The van der Waals surface area contributed by atoms with Crippen molar-refractivity contribution in [3.8, 4) is 0 Å². The maximum absolute atomic E-state index is 10.4. The van der Waals surface area contributed by atoms with Gasteiger partial charge in [-0.1, -0.05) is 0 Å². The van der Waals surface area contributed by atoms with E-state index in [-0.39, 0.29) is 5.00 Å². The van der Waals surface area contributed by atoms with Gasteiger partial charge < -0.3 is 5.32 Å². The van der Waals surface area contributed by atoms with E-state index in [1.54, 1.807) is 11.8 Å². The fraction of sp³-hybridized carbons (Fsp3) is 0.625. The maximum atomic E-state index is 10.4. The zero-order valence-electron chi connectivity index (χ0n) is 8.60. The molecule has 1 rings (SSSR count). The number of nitrogens with one attached hydrogen (secondary N) is 1. The summed E-state index contributed by atoms with van der Waals surface area (Å²) in [6.45, 7) is 2.05. The van der Waals surface area contributed by atoms with Crippen LogP contribution < -0.4 is 5.32 Å². The molecule has 1 unspecified atom stereocenters. The Morgan fingerprint density at radius 3 is 3.07 bits per heavy atom. The third-order valence-corrected chi connectivity index (χ3v) is 3.32. The fourth-order valence-electron chi connectivity index (χ4n) is 0.994. The summed E-state index contributed by atoms with van der Waals surface area (Å²) in [7, 11) is 0. The Labute approximate surface area is 96.4 Å². The fourth-order valence-corrected chi connectivity index (χ4v) is 2.33. The average molecular weight is 247 g/mol. The first kappa shape index (κ1) is 12.3. The van der Waals surface area contributed by atoms with Gasteiger partial charge in [0.05, 0.1) is 4.92 Å². The molecule has 1 N–H and O–H groups in total. The molecule has 1 aromatic rings. The van der Waals surface area contributed by atoms with Crippen LogP contribution in [0, 0.1) is 10.1 Å². The molecule has 1 atom stereocenters. The lowest BCUT2D eigenvalue weighted by molar-refractivity contribution is -0.380. The van der Waals surface area contributed by atoms with Crippen molar-refractivity contribution in [3.63, 3.8) is 0 Å². The van der Waals surface area contributed by atoms with Crippen molar-refractivity contribution in [2.75, 3.05) is 17.3 Å². The molecule has 0 aromatic carbocycles. The summed E-state index contributed by atoms with van der Waals surface area (Å²) in [5.41, 5.74) is 0. The first-order valence-corrected chi connectivity index (χ1v) is 6.70. The minimum Gasteiger partial charge on any atom is -0.359 e. The molecule has 0 aliphatic rings. The standard InChI is InChI=1S/C8H13N3O2S2/c1-6(3-4-14-2)10-8-9-5-7(15-8)11(12)13/h5-6H,3-4H2,1-2H3,(H,9,10). The summed E-state index contributed by atoms with van der Waals surface area (Å²) >= 11 is 2.86. The first-order valence-electron chi connectivity index (χ1n) is 4.49. The molecule has 84 valence electrons. The minimum atomic E-state index is -0.421. The van der Waals surface area contributed by atoms with Crippen molar-refractivity contribution >= 4 is 33.2 Å². The van der Waals surface area contributed by atoms with Crippen LogP contribution in [-0.4, -0.2) is 28.0 Å². The van der Waals surface area contributed by atoms with Gasteiger partial charge in [0.25, 0.3) is 0 Å². The number of rotatable bonds is 6. The second-order valence-electron chi connectivity index (χ2n) is 3.09. The lowest BCUT2D eigenvalue weighted by atomic mass is 10.3. The molecular weight excluding hydrogens is 234 g/mol. The molecule has 0 aliphatic heterocycles. The number of nitrogens with zero attached hydrogens (tertiary/aromatic N) is 2. The van der Waals surface area contributed by atoms with Gasteiger partial charge in [-0.3, -0.25) is 10.1 Å². The molecule has 1 aromatic heterocycles. The van der Waals surface area contributed by atoms with Gasteiger partial charge in [0.1, 0.15) is 6.20 Å². The van der Waals surface area contributed by atoms with Gasteiger partial charge in [0.15, 0.2) is 5.13 Å². The molecular formula is C8H13N3O2S2. The van der Waals surface area contributed by atoms with Crippen LogP contribution in [0.1, 0.15) is 13.3 Å². The number of hydrogen-bond acceptors (Lipinski definition) is 6. The van der Waals surface area contributed by atoms with E-state index >= 15 is 0 Å². The van der Waals surface area contributed by atoms with Crippen LogP contribution in [-0.2, 0) is 0 Å². The number of hydrogen-bond donors (Lipinski definition) is 1. The van der Waals surface area contributed by atoms with Crippen molar-refractivity contribution in [1.82, 2.24) is 4.98 Å². The lowest BCUT2D eigenvalue weighted by Gasteiger charge is -2.10. The zero-order valence-corrected chi connectivity index (χ0v) is 10.2. The van der Waals surface area contributed by atoms with E-state index in [0.717, 1.165) is 23.5 Å². The molecule has 0 aliphatic carbocycles. The van der Waals surface area contributed by atoms with E-state index in [1.807, 2.05) is 6.92 Å². The highest BCUT2D eigenvalue weighted by molar-refractivity contribution is 7.98. The number of thioether (sulfide) groups is 1. The largest absolute Gasteiger partial charge is 0.359 e. The van der Waals surface area contributed by atoms with E-state index in [1.165, 1.54) is 6.20 Å². The quantitative estimate of drug-likeness (QED) is 0.618. The molecule has 0 bridgehead atoms. The van der Waals surface area contributed by atoms with Gasteiger partial charge in [0, 0.05) is 6.04 Å². The van der Waals surface area contributed by atoms with Gasteiger partial charge in [-0.25, -0.2) is 4.98 Å². The van der Waals surface area contributed by atoms with E-state index in [0.29, 0.717) is 11.2 Å². The summed E-state index contributed by atoms with van der Waals surface area (Å²) in [5, 5.41) is 14.3. The van der Waals surface area contributed by atoms with Crippen molar-refractivity contribution in [2.45, 2.75) is 19.4 Å².